The highest BCUT2D eigenvalue weighted by Gasteiger charge is 2.40. The van der Waals surface area contributed by atoms with Crippen molar-refractivity contribution in [2.75, 3.05) is 0 Å². The first-order valence-corrected chi connectivity index (χ1v) is 12.7. The zero-order chi connectivity index (χ0) is 27.7. The van der Waals surface area contributed by atoms with Gasteiger partial charge in [-0.15, -0.1) is 0 Å². The summed E-state index contributed by atoms with van der Waals surface area (Å²) in [5.74, 6) is -3.39. The summed E-state index contributed by atoms with van der Waals surface area (Å²) >= 11 is 0. The number of ketones is 3. The number of hydrogen-bond acceptors (Lipinski definition) is 7. The maximum Gasteiger partial charge on any atom is 0.201 e. The summed E-state index contributed by atoms with van der Waals surface area (Å²) in [6.45, 7) is 3.69. The first-order chi connectivity index (χ1) is 18.7. The number of aryl methyl sites for hydroxylation is 2. The van der Waals surface area contributed by atoms with Crippen molar-refractivity contribution in [3.05, 3.63) is 116 Å². The Morgan fingerprint density at radius 2 is 1.38 bits per heavy atom. The molecule has 4 aromatic rings. The van der Waals surface area contributed by atoms with Crippen molar-refractivity contribution in [3.8, 4) is 23.0 Å². The molecule has 0 saturated heterocycles. The predicted octanol–water partition coefficient (Wildman–Crippen LogP) is 5.13. The van der Waals surface area contributed by atoms with Crippen LogP contribution in [0.5, 0.6) is 23.0 Å². The third-order valence-electron chi connectivity index (χ3n) is 7.83. The van der Waals surface area contributed by atoms with Crippen LogP contribution in [0.3, 0.4) is 0 Å². The molecule has 4 aromatic carbocycles. The van der Waals surface area contributed by atoms with Crippen LogP contribution < -0.4 is 0 Å². The van der Waals surface area contributed by atoms with E-state index < -0.39 is 17.5 Å². The van der Waals surface area contributed by atoms with Crippen LogP contribution in [0, 0.1) is 0 Å². The molecule has 4 N–H and O–H groups in total. The largest absolute Gasteiger partial charge is 0.507 e. The molecule has 0 bridgehead atoms. The lowest BCUT2D eigenvalue weighted by Crippen LogP contribution is -2.24. The van der Waals surface area contributed by atoms with Crippen molar-refractivity contribution >= 4 is 17.3 Å². The zero-order valence-corrected chi connectivity index (χ0v) is 21.2. The minimum absolute atomic E-state index is 0.0100. The van der Waals surface area contributed by atoms with Crippen molar-refractivity contribution < 1.29 is 34.8 Å². The minimum Gasteiger partial charge on any atom is -0.507 e. The van der Waals surface area contributed by atoms with Crippen molar-refractivity contribution in [2.45, 2.75) is 32.6 Å². The highest BCUT2D eigenvalue weighted by molar-refractivity contribution is 6.29. The van der Waals surface area contributed by atoms with Gasteiger partial charge in [-0.2, -0.15) is 0 Å². The van der Waals surface area contributed by atoms with E-state index >= 15 is 0 Å². The first kappa shape index (κ1) is 24.4. The quantitative estimate of drug-likeness (QED) is 0.238. The van der Waals surface area contributed by atoms with Gasteiger partial charge in [0.1, 0.15) is 23.0 Å². The Morgan fingerprint density at radius 1 is 0.641 bits per heavy atom. The summed E-state index contributed by atoms with van der Waals surface area (Å²) in [6, 6.07) is 13.7. The van der Waals surface area contributed by atoms with Gasteiger partial charge < -0.3 is 20.4 Å². The summed E-state index contributed by atoms with van der Waals surface area (Å²) in [6.07, 6.45) is 0.962. The van der Waals surface area contributed by atoms with Gasteiger partial charge in [-0.1, -0.05) is 32.0 Å². The summed E-state index contributed by atoms with van der Waals surface area (Å²) in [5.41, 5.74) is 2.40. The monoisotopic (exact) mass is 520 g/mol. The molecule has 7 nitrogen and oxygen atoms in total. The van der Waals surface area contributed by atoms with E-state index in [2.05, 4.69) is 0 Å². The van der Waals surface area contributed by atoms with Crippen molar-refractivity contribution in [1.82, 2.24) is 0 Å². The van der Waals surface area contributed by atoms with Crippen LogP contribution in [0.25, 0.3) is 0 Å². The Kier molecular flexibility index (Phi) is 5.36. The van der Waals surface area contributed by atoms with Gasteiger partial charge in [-0.25, -0.2) is 0 Å². The molecule has 0 saturated carbocycles. The summed E-state index contributed by atoms with van der Waals surface area (Å²) in [5, 5.41) is 43.4. The second kappa shape index (κ2) is 8.56. The number of aromatic hydroxyl groups is 4. The first-order valence-electron chi connectivity index (χ1n) is 12.7. The molecule has 0 fully saturated rings. The molecule has 0 radical (unpaired) electrons. The number of carbonyl (C=O) groups is 3. The van der Waals surface area contributed by atoms with E-state index in [4.69, 9.17) is 0 Å². The Balaban J connectivity index is 1.62. The third kappa shape index (κ3) is 3.32. The van der Waals surface area contributed by atoms with E-state index in [1.54, 1.807) is 31.2 Å². The summed E-state index contributed by atoms with van der Waals surface area (Å²) in [7, 11) is 0. The number of hydrogen-bond donors (Lipinski definition) is 4. The highest BCUT2D eigenvalue weighted by Crippen LogP contribution is 2.51. The van der Waals surface area contributed by atoms with E-state index in [9.17, 15) is 34.8 Å². The molecule has 0 aliphatic heterocycles. The van der Waals surface area contributed by atoms with Gasteiger partial charge in [0.25, 0.3) is 0 Å². The van der Waals surface area contributed by atoms with E-state index in [1.807, 2.05) is 6.92 Å². The Morgan fingerprint density at radius 3 is 2.10 bits per heavy atom. The number of benzene rings is 4. The van der Waals surface area contributed by atoms with Crippen molar-refractivity contribution in [2.24, 2.45) is 0 Å². The maximum atomic E-state index is 13.6. The molecule has 0 heterocycles. The van der Waals surface area contributed by atoms with Crippen molar-refractivity contribution in [3.63, 3.8) is 0 Å². The Hall–Kier alpha value is -4.91. The fourth-order valence-corrected chi connectivity index (χ4v) is 5.91. The Labute approximate surface area is 223 Å². The van der Waals surface area contributed by atoms with Gasteiger partial charge in [0, 0.05) is 28.2 Å². The molecule has 1 atom stereocenters. The van der Waals surface area contributed by atoms with Crippen LogP contribution >= 0.6 is 0 Å². The lowest BCUT2D eigenvalue weighted by Gasteiger charge is -2.31. The average Bonchev–Trinajstić information content (AvgIpc) is 2.92. The molecule has 0 unspecified atom stereocenters. The fourth-order valence-electron chi connectivity index (χ4n) is 5.91. The van der Waals surface area contributed by atoms with Gasteiger partial charge in [0.2, 0.25) is 5.78 Å². The number of carbonyl (C=O) groups excluding carboxylic acids is 3. The van der Waals surface area contributed by atoms with Crippen LogP contribution in [0.4, 0.5) is 0 Å². The van der Waals surface area contributed by atoms with Gasteiger partial charge in [0.05, 0.1) is 16.7 Å². The zero-order valence-electron chi connectivity index (χ0n) is 21.2. The minimum atomic E-state index is -0.845. The van der Waals surface area contributed by atoms with Gasteiger partial charge in [-0.3, -0.25) is 14.4 Å². The molecule has 7 heteroatoms. The predicted molar refractivity (Wildman–Crippen MR) is 142 cm³/mol. The molecule has 0 amide bonds. The number of fused-ring (bicyclic) bond motifs is 4. The molecule has 0 aromatic heterocycles. The third-order valence-corrected chi connectivity index (χ3v) is 7.83. The fraction of sp³-hybridized carbons (Fsp3) is 0.156. The highest BCUT2D eigenvalue weighted by atomic mass is 16.3. The van der Waals surface area contributed by atoms with Crippen LogP contribution in [0.1, 0.15) is 95.3 Å². The maximum absolute atomic E-state index is 13.6. The van der Waals surface area contributed by atoms with E-state index in [1.165, 1.54) is 30.3 Å². The van der Waals surface area contributed by atoms with Crippen LogP contribution in [0.2, 0.25) is 0 Å². The molecular formula is C32H24O7. The molecule has 2 aliphatic carbocycles. The lowest BCUT2D eigenvalue weighted by atomic mass is 9.71. The van der Waals surface area contributed by atoms with E-state index in [0.29, 0.717) is 29.5 Å². The van der Waals surface area contributed by atoms with E-state index in [0.717, 1.165) is 5.56 Å². The summed E-state index contributed by atoms with van der Waals surface area (Å²) in [4.78, 5) is 40.5. The number of phenolic OH excluding ortho intramolecular Hbond substituents is 4. The molecule has 6 rings (SSSR count). The average molecular weight is 521 g/mol. The normalized spacial score (nSPS) is 15.4. The molecule has 2 aliphatic rings. The topological polar surface area (TPSA) is 132 Å². The second-order valence-electron chi connectivity index (χ2n) is 9.90. The summed E-state index contributed by atoms with van der Waals surface area (Å²) < 4.78 is 0. The van der Waals surface area contributed by atoms with Crippen molar-refractivity contribution in [1.29, 1.82) is 0 Å². The Bertz CT molecular complexity index is 1780. The molecule has 0 spiro atoms. The SMILES string of the molecule is CCc1cc(O)c2c(c1)C(=O)c1ccc([C@@H]3c4cccc(O)c4C(=O)c4c(O)cc(CC)c(O)c43)cc1C2=O. The van der Waals surface area contributed by atoms with Gasteiger partial charge in [-0.05, 0) is 71.5 Å². The standard InChI is InChI=1S/C32H24O7/c1-3-14-10-20-26(22(34)11-14)31(38)19-12-16(8-9-17(19)30(20)37)24-18-6-5-7-21(33)25(18)32(39)27-23(35)13-15(4-2)29(36)28(24)27/h5-13,24,33-36H,3-4H2,1-2H3/t24-/m1/s1. The molecule has 194 valence electrons. The lowest BCUT2D eigenvalue weighted by molar-refractivity contribution is 0.0976. The molecule has 39 heavy (non-hydrogen) atoms. The molecular weight excluding hydrogens is 496 g/mol. The second-order valence-corrected chi connectivity index (χ2v) is 9.90. The van der Waals surface area contributed by atoms with Gasteiger partial charge in [0.15, 0.2) is 11.6 Å². The van der Waals surface area contributed by atoms with Gasteiger partial charge >= 0.3 is 0 Å². The van der Waals surface area contributed by atoms with Crippen LogP contribution in [0.15, 0.2) is 54.6 Å². The van der Waals surface area contributed by atoms with Crippen LogP contribution in [-0.4, -0.2) is 37.8 Å². The number of rotatable bonds is 3. The number of phenols is 4. The smallest absolute Gasteiger partial charge is 0.201 e. The van der Waals surface area contributed by atoms with E-state index in [-0.39, 0.29) is 67.7 Å². The van der Waals surface area contributed by atoms with Crippen LogP contribution in [-0.2, 0) is 12.8 Å².